The number of nitrogens with two attached hydrogens (primary N) is 1. The summed E-state index contributed by atoms with van der Waals surface area (Å²) in [6.07, 6.45) is 3.11. The van der Waals surface area contributed by atoms with Gasteiger partial charge in [0.25, 0.3) is 5.91 Å². The normalized spacial score (nSPS) is 11.2. The zero-order valence-electron chi connectivity index (χ0n) is 6.76. The van der Waals surface area contributed by atoms with Crippen LogP contribution in [-0.2, 0) is 9.84 Å². The highest BCUT2D eigenvalue weighted by atomic mass is 32.2. The molecule has 6 nitrogen and oxygen atoms in total. The maximum atomic E-state index is 10.9. The Bertz CT molecular complexity index is 423. The van der Waals surface area contributed by atoms with Crippen molar-refractivity contribution in [1.29, 1.82) is 0 Å². The van der Waals surface area contributed by atoms with Gasteiger partial charge in [-0.3, -0.25) is 4.79 Å². The summed E-state index contributed by atoms with van der Waals surface area (Å²) in [5, 5.41) is 0. The molecule has 0 radical (unpaired) electrons. The molecule has 0 aliphatic heterocycles. The highest BCUT2D eigenvalue weighted by Crippen LogP contribution is 2.03. The van der Waals surface area contributed by atoms with Gasteiger partial charge in [-0.05, 0) is 0 Å². The molecule has 0 saturated heterocycles. The first-order valence-electron chi connectivity index (χ1n) is 3.23. The lowest BCUT2D eigenvalue weighted by Crippen LogP contribution is -2.15. The molecular weight excluding hydrogens is 194 g/mol. The van der Waals surface area contributed by atoms with Gasteiger partial charge in [0.15, 0.2) is 9.84 Å². The lowest BCUT2D eigenvalue weighted by atomic mass is 10.5. The van der Waals surface area contributed by atoms with Gasteiger partial charge in [0.1, 0.15) is 4.90 Å². The number of sulfone groups is 1. The van der Waals surface area contributed by atoms with Gasteiger partial charge in [0, 0.05) is 18.6 Å². The van der Waals surface area contributed by atoms with E-state index in [0.29, 0.717) is 0 Å². The van der Waals surface area contributed by atoms with Crippen LogP contribution in [0.25, 0.3) is 0 Å². The molecule has 0 aliphatic rings. The molecule has 1 rings (SSSR count). The van der Waals surface area contributed by atoms with Crippen LogP contribution >= 0.6 is 0 Å². The molecule has 0 saturated carbocycles. The molecule has 0 spiro atoms. The highest BCUT2D eigenvalue weighted by Gasteiger charge is 2.09. The summed E-state index contributed by atoms with van der Waals surface area (Å²) >= 11 is 0. The molecule has 2 N–H and O–H groups in total. The molecule has 1 amide bonds. The summed E-state index contributed by atoms with van der Waals surface area (Å²) < 4.78 is 21.8. The van der Waals surface area contributed by atoms with Crippen LogP contribution in [0.3, 0.4) is 0 Å². The third kappa shape index (κ3) is 2.22. The van der Waals surface area contributed by atoms with Crippen LogP contribution in [-0.4, -0.2) is 30.5 Å². The summed E-state index contributed by atoms with van der Waals surface area (Å²) in [6, 6.07) is 0. The van der Waals surface area contributed by atoms with E-state index in [1.165, 1.54) is 0 Å². The Balaban J connectivity index is 3.16. The van der Waals surface area contributed by atoms with Crippen molar-refractivity contribution in [2.24, 2.45) is 5.73 Å². The standard InChI is InChI=1S/C6H7N3O3S/c1-13(11,12)4-2-8-6(5(7)10)9-3-4/h2-3H,1H3,(H2,7,10). The summed E-state index contributed by atoms with van der Waals surface area (Å²) in [4.78, 5) is 17.4. The van der Waals surface area contributed by atoms with Gasteiger partial charge in [0.05, 0.1) is 0 Å². The molecule has 7 heteroatoms. The molecule has 0 aromatic carbocycles. The molecule has 0 unspecified atom stereocenters. The lowest BCUT2D eigenvalue weighted by Gasteiger charge is -1.96. The molecule has 1 aromatic heterocycles. The molecule has 1 aromatic rings. The molecular formula is C6H7N3O3S. The third-order valence-corrected chi connectivity index (χ3v) is 2.34. The van der Waals surface area contributed by atoms with E-state index in [0.717, 1.165) is 18.6 Å². The summed E-state index contributed by atoms with van der Waals surface area (Å²) in [7, 11) is -3.32. The van der Waals surface area contributed by atoms with Crippen molar-refractivity contribution in [3.8, 4) is 0 Å². The average molecular weight is 201 g/mol. The SMILES string of the molecule is CS(=O)(=O)c1cnc(C(N)=O)nc1. The van der Waals surface area contributed by atoms with Gasteiger partial charge in [0.2, 0.25) is 5.82 Å². The van der Waals surface area contributed by atoms with Crippen LogP contribution in [0.2, 0.25) is 0 Å². The van der Waals surface area contributed by atoms with Crippen molar-refractivity contribution in [2.45, 2.75) is 4.90 Å². The van der Waals surface area contributed by atoms with E-state index in [2.05, 4.69) is 9.97 Å². The van der Waals surface area contributed by atoms with Gasteiger partial charge in [-0.15, -0.1) is 0 Å². The second-order valence-corrected chi connectivity index (χ2v) is 4.39. The first-order chi connectivity index (χ1) is 5.91. The maximum Gasteiger partial charge on any atom is 0.286 e. The van der Waals surface area contributed by atoms with Crippen LogP contribution in [0, 0.1) is 0 Å². The fraction of sp³-hybridized carbons (Fsp3) is 0.167. The number of nitrogens with zero attached hydrogens (tertiary/aromatic N) is 2. The number of carbonyl (C=O) groups excluding carboxylic acids is 1. The number of rotatable bonds is 2. The van der Waals surface area contributed by atoms with Crippen molar-refractivity contribution in [3.05, 3.63) is 18.2 Å². The fourth-order valence-corrected chi connectivity index (χ4v) is 1.12. The Morgan fingerprint density at radius 2 is 1.85 bits per heavy atom. The largest absolute Gasteiger partial charge is 0.363 e. The van der Waals surface area contributed by atoms with Gasteiger partial charge in [-0.25, -0.2) is 18.4 Å². The number of primary amides is 1. The summed E-state index contributed by atoms with van der Waals surface area (Å²) in [6.45, 7) is 0. The minimum absolute atomic E-state index is 0.0440. The minimum atomic E-state index is -3.32. The molecule has 0 bridgehead atoms. The number of hydrogen-bond donors (Lipinski definition) is 1. The predicted molar refractivity (Wildman–Crippen MR) is 43.7 cm³/mol. The van der Waals surface area contributed by atoms with E-state index in [1.807, 2.05) is 0 Å². The van der Waals surface area contributed by atoms with Crippen molar-refractivity contribution < 1.29 is 13.2 Å². The van der Waals surface area contributed by atoms with Crippen molar-refractivity contribution in [2.75, 3.05) is 6.26 Å². The van der Waals surface area contributed by atoms with Crippen molar-refractivity contribution in [1.82, 2.24) is 9.97 Å². The number of hydrogen-bond acceptors (Lipinski definition) is 5. The second-order valence-electron chi connectivity index (χ2n) is 2.38. The van der Waals surface area contributed by atoms with Crippen LogP contribution in [0.5, 0.6) is 0 Å². The van der Waals surface area contributed by atoms with E-state index in [-0.39, 0.29) is 10.7 Å². The lowest BCUT2D eigenvalue weighted by molar-refractivity contribution is 0.0990. The molecule has 0 atom stereocenters. The fourth-order valence-electron chi connectivity index (χ4n) is 0.635. The predicted octanol–water partition coefficient (Wildman–Crippen LogP) is -1.02. The number of carbonyl (C=O) groups is 1. The van der Waals surface area contributed by atoms with Crippen LogP contribution < -0.4 is 5.73 Å². The van der Waals surface area contributed by atoms with E-state index >= 15 is 0 Å². The molecule has 1 heterocycles. The van der Waals surface area contributed by atoms with E-state index in [9.17, 15) is 13.2 Å². The zero-order valence-corrected chi connectivity index (χ0v) is 7.58. The topological polar surface area (TPSA) is 103 Å². The Hall–Kier alpha value is -1.50. The molecule has 70 valence electrons. The van der Waals surface area contributed by atoms with Crippen LogP contribution in [0.1, 0.15) is 10.6 Å². The quantitative estimate of drug-likeness (QED) is 0.659. The smallest absolute Gasteiger partial charge is 0.286 e. The Morgan fingerprint density at radius 1 is 1.38 bits per heavy atom. The van der Waals surface area contributed by atoms with Gasteiger partial charge >= 0.3 is 0 Å². The monoisotopic (exact) mass is 201 g/mol. The first-order valence-corrected chi connectivity index (χ1v) is 5.12. The van der Waals surface area contributed by atoms with E-state index in [4.69, 9.17) is 5.73 Å². The van der Waals surface area contributed by atoms with E-state index in [1.54, 1.807) is 0 Å². The molecule has 0 fully saturated rings. The van der Waals surface area contributed by atoms with Gasteiger partial charge < -0.3 is 5.73 Å². The average Bonchev–Trinajstić information content (AvgIpc) is 2.03. The highest BCUT2D eigenvalue weighted by molar-refractivity contribution is 7.90. The molecule has 13 heavy (non-hydrogen) atoms. The second kappa shape index (κ2) is 3.09. The first kappa shape index (κ1) is 9.59. The summed E-state index contributed by atoms with van der Waals surface area (Å²) in [5.41, 5.74) is 4.86. The van der Waals surface area contributed by atoms with Crippen LogP contribution in [0.4, 0.5) is 0 Å². The van der Waals surface area contributed by atoms with Gasteiger partial charge in [-0.2, -0.15) is 0 Å². The number of amides is 1. The molecule has 0 aliphatic carbocycles. The Morgan fingerprint density at radius 3 is 2.15 bits per heavy atom. The summed E-state index contributed by atoms with van der Waals surface area (Å²) in [5.74, 6) is -0.993. The Labute approximate surface area is 74.7 Å². The van der Waals surface area contributed by atoms with Gasteiger partial charge in [-0.1, -0.05) is 0 Å². The maximum absolute atomic E-state index is 10.9. The minimum Gasteiger partial charge on any atom is -0.363 e. The van der Waals surface area contributed by atoms with Crippen molar-refractivity contribution >= 4 is 15.7 Å². The number of aromatic nitrogens is 2. The Kier molecular flexibility index (Phi) is 2.28. The van der Waals surface area contributed by atoms with Crippen LogP contribution in [0.15, 0.2) is 17.3 Å². The zero-order chi connectivity index (χ0) is 10.1. The van der Waals surface area contributed by atoms with E-state index < -0.39 is 15.7 Å². The third-order valence-electron chi connectivity index (χ3n) is 1.28. The van der Waals surface area contributed by atoms with Crippen molar-refractivity contribution in [3.63, 3.8) is 0 Å².